The maximum atomic E-state index is 12.7. The Hall–Kier alpha value is -1.03. The molecule has 6 nitrogen and oxygen atoms in total. The fourth-order valence-electron chi connectivity index (χ4n) is 1.57. The minimum absolute atomic E-state index is 0.180. The van der Waals surface area contributed by atoms with E-state index in [2.05, 4.69) is 10.0 Å². The molecule has 0 spiro atoms. The lowest BCUT2D eigenvalue weighted by Gasteiger charge is -2.23. The molecule has 1 atom stereocenters. The van der Waals surface area contributed by atoms with E-state index in [1.165, 1.54) is 0 Å². The Morgan fingerprint density at radius 3 is 2.42 bits per heavy atom. The van der Waals surface area contributed by atoms with Crippen molar-refractivity contribution in [3.63, 3.8) is 0 Å². The molecule has 0 fully saturated rings. The normalized spacial score (nSPS) is 12.8. The summed E-state index contributed by atoms with van der Waals surface area (Å²) in [4.78, 5) is 2.72. The molecule has 8 heteroatoms. The van der Waals surface area contributed by atoms with Gasteiger partial charge in [0, 0.05) is 9.93 Å². The van der Waals surface area contributed by atoms with Gasteiger partial charge in [-0.1, -0.05) is 34.9 Å². The summed E-state index contributed by atoms with van der Waals surface area (Å²) < 4.78 is 23.1. The molecule has 0 saturated heterocycles. The minimum atomic E-state index is -3.60. The molecule has 0 amide bonds. The maximum Gasteiger partial charge on any atom is 0.344 e. The van der Waals surface area contributed by atoms with Crippen molar-refractivity contribution in [2.75, 3.05) is 13.2 Å². The van der Waals surface area contributed by atoms with Crippen molar-refractivity contribution in [2.45, 2.75) is 19.6 Å². The third kappa shape index (κ3) is 3.96. The Bertz CT molecular complexity index is 510. The number of nitrogens with zero attached hydrogens (tertiary/aromatic N) is 3. The highest BCUT2D eigenvalue weighted by Gasteiger charge is 2.37. The van der Waals surface area contributed by atoms with E-state index in [1.807, 2.05) is 0 Å². The molecule has 104 valence electrons. The summed E-state index contributed by atoms with van der Waals surface area (Å²) in [6, 6.07) is 6.69. The number of hydrogen-bond donors (Lipinski definition) is 0. The monoisotopic (exact) mass is 303 g/mol. The number of halogens is 1. The van der Waals surface area contributed by atoms with E-state index in [-0.39, 0.29) is 13.2 Å². The van der Waals surface area contributed by atoms with E-state index < -0.39 is 13.4 Å². The largest absolute Gasteiger partial charge is 0.344 e. The van der Waals surface area contributed by atoms with Crippen LogP contribution in [-0.2, 0) is 13.6 Å². The van der Waals surface area contributed by atoms with Crippen LogP contribution in [0.5, 0.6) is 0 Å². The summed E-state index contributed by atoms with van der Waals surface area (Å²) in [7, 11) is -3.60. The number of azide groups is 1. The fourth-order valence-corrected chi connectivity index (χ4v) is 3.70. The van der Waals surface area contributed by atoms with Crippen molar-refractivity contribution < 1.29 is 13.6 Å². The van der Waals surface area contributed by atoms with Crippen LogP contribution in [0.2, 0.25) is 5.02 Å². The van der Waals surface area contributed by atoms with Crippen LogP contribution in [0.1, 0.15) is 25.2 Å². The molecule has 0 heterocycles. The lowest BCUT2D eigenvalue weighted by Crippen LogP contribution is -2.05. The zero-order valence-corrected chi connectivity index (χ0v) is 12.3. The summed E-state index contributed by atoms with van der Waals surface area (Å²) in [5.74, 6) is -1.09. The topological polar surface area (TPSA) is 84.3 Å². The Morgan fingerprint density at radius 1 is 1.37 bits per heavy atom. The highest BCUT2D eigenvalue weighted by Crippen LogP contribution is 2.62. The maximum absolute atomic E-state index is 12.7. The second-order valence-corrected chi connectivity index (χ2v) is 5.97. The summed E-state index contributed by atoms with van der Waals surface area (Å²) in [5.41, 5.74) is 9.10. The Morgan fingerprint density at radius 2 is 1.95 bits per heavy atom. The Kier molecular flexibility index (Phi) is 6.35. The van der Waals surface area contributed by atoms with Crippen LogP contribution in [0.4, 0.5) is 0 Å². The van der Waals surface area contributed by atoms with E-state index in [9.17, 15) is 4.57 Å². The third-order valence-corrected chi connectivity index (χ3v) is 4.82. The molecule has 1 aromatic rings. The van der Waals surface area contributed by atoms with Crippen LogP contribution in [0.15, 0.2) is 29.4 Å². The molecule has 0 aliphatic rings. The van der Waals surface area contributed by atoms with Crippen molar-refractivity contribution in [1.82, 2.24) is 0 Å². The molecule has 1 rings (SSSR count). The molecule has 1 unspecified atom stereocenters. The van der Waals surface area contributed by atoms with Gasteiger partial charge in [-0.2, -0.15) is 0 Å². The van der Waals surface area contributed by atoms with Gasteiger partial charge in [0.25, 0.3) is 0 Å². The first kappa shape index (κ1) is 16.0. The van der Waals surface area contributed by atoms with Gasteiger partial charge in [0.1, 0.15) is 0 Å². The molecule has 0 aromatic heterocycles. The van der Waals surface area contributed by atoms with Crippen LogP contribution < -0.4 is 0 Å². The van der Waals surface area contributed by atoms with Gasteiger partial charge in [0.05, 0.1) is 13.2 Å². The first-order valence-corrected chi connectivity index (χ1v) is 7.75. The van der Waals surface area contributed by atoms with Crippen molar-refractivity contribution in [2.24, 2.45) is 5.11 Å². The van der Waals surface area contributed by atoms with Gasteiger partial charge in [-0.25, -0.2) is 0 Å². The van der Waals surface area contributed by atoms with E-state index in [0.29, 0.717) is 10.6 Å². The Labute approximate surface area is 116 Å². The standard InChI is InChI=1S/C11H15ClN3O3P/c1-3-17-19(16,18-4-2)11(14-15-13)9-7-5-6-8-10(9)12/h5-8,11H,3-4H2,1-2H3. The van der Waals surface area contributed by atoms with Crippen molar-refractivity contribution in [3.05, 3.63) is 45.3 Å². The number of benzene rings is 1. The van der Waals surface area contributed by atoms with Gasteiger partial charge in [-0.3, -0.25) is 4.57 Å². The second kappa shape index (κ2) is 7.53. The zero-order chi connectivity index (χ0) is 14.3. The second-order valence-electron chi connectivity index (χ2n) is 3.48. The average molecular weight is 304 g/mol. The van der Waals surface area contributed by atoms with Crippen molar-refractivity contribution >= 4 is 19.2 Å². The van der Waals surface area contributed by atoms with Gasteiger partial charge >= 0.3 is 7.60 Å². The van der Waals surface area contributed by atoms with Crippen LogP contribution in [0.25, 0.3) is 10.4 Å². The summed E-state index contributed by atoms with van der Waals surface area (Å²) >= 11 is 6.05. The molecule has 0 N–H and O–H groups in total. The molecule has 0 bridgehead atoms. The minimum Gasteiger partial charge on any atom is -0.308 e. The first-order valence-electron chi connectivity index (χ1n) is 5.76. The molecular formula is C11H15ClN3O3P. The van der Waals surface area contributed by atoms with E-state index >= 15 is 0 Å². The Balaban J connectivity index is 3.29. The van der Waals surface area contributed by atoms with Gasteiger partial charge in [0.15, 0.2) is 5.78 Å². The molecule has 0 radical (unpaired) electrons. The molecule has 1 aromatic carbocycles. The van der Waals surface area contributed by atoms with Crippen LogP contribution in [0, 0.1) is 0 Å². The molecule has 0 aliphatic heterocycles. The predicted molar refractivity (Wildman–Crippen MR) is 74.2 cm³/mol. The van der Waals surface area contributed by atoms with Crippen molar-refractivity contribution in [3.8, 4) is 0 Å². The first-order chi connectivity index (χ1) is 9.09. The van der Waals surface area contributed by atoms with E-state index in [1.54, 1.807) is 38.1 Å². The van der Waals surface area contributed by atoms with Gasteiger partial charge in [-0.05, 0) is 31.0 Å². The summed E-state index contributed by atoms with van der Waals surface area (Å²) in [5, 5.41) is 3.89. The molecular weight excluding hydrogens is 289 g/mol. The number of hydrogen-bond acceptors (Lipinski definition) is 4. The zero-order valence-electron chi connectivity index (χ0n) is 10.7. The highest BCUT2D eigenvalue weighted by molar-refractivity contribution is 7.54. The van der Waals surface area contributed by atoms with E-state index in [0.717, 1.165) is 0 Å². The lowest BCUT2D eigenvalue weighted by atomic mass is 10.2. The van der Waals surface area contributed by atoms with Crippen LogP contribution in [-0.4, -0.2) is 13.2 Å². The SMILES string of the molecule is CCOP(=O)(OCC)C(N=[N+]=[N-])c1ccccc1Cl. The van der Waals surface area contributed by atoms with Crippen molar-refractivity contribution in [1.29, 1.82) is 0 Å². The van der Waals surface area contributed by atoms with Crippen LogP contribution >= 0.6 is 19.2 Å². The summed E-state index contributed by atoms with van der Waals surface area (Å²) in [6.07, 6.45) is 0. The van der Waals surface area contributed by atoms with Crippen LogP contribution in [0.3, 0.4) is 0 Å². The quantitative estimate of drug-likeness (QED) is 0.310. The fraction of sp³-hybridized carbons (Fsp3) is 0.455. The number of rotatable bonds is 7. The molecule has 19 heavy (non-hydrogen) atoms. The average Bonchev–Trinajstić information content (AvgIpc) is 2.37. The summed E-state index contributed by atoms with van der Waals surface area (Å²) in [6.45, 7) is 3.73. The highest BCUT2D eigenvalue weighted by atomic mass is 35.5. The van der Waals surface area contributed by atoms with Gasteiger partial charge in [-0.15, -0.1) is 0 Å². The third-order valence-electron chi connectivity index (χ3n) is 2.26. The molecule has 0 saturated carbocycles. The van der Waals surface area contributed by atoms with Gasteiger partial charge < -0.3 is 9.05 Å². The lowest BCUT2D eigenvalue weighted by molar-refractivity contribution is 0.212. The van der Waals surface area contributed by atoms with E-state index in [4.69, 9.17) is 26.2 Å². The van der Waals surface area contributed by atoms with Gasteiger partial charge in [0.2, 0.25) is 0 Å². The predicted octanol–water partition coefficient (Wildman–Crippen LogP) is 4.92. The molecule has 0 aliphatic carbocycles. The smallest absolute Gasteiger partial charge is 0.308 e.